The van der Waals surface area contributed by atoms with Crippen molar-refractivity contribution < 1.29 is 44.9 Å². The molecule has 208 valence electrons. The van der Waals surface area contributed by atoms with Crippen LogP contribution < -0.4 is 0 Å². The molecule has 0 amide bonds. The molecule has 1 aliphatic rings. The summed E-state index contributed by atoms with van der Waals surface area (Å²) in [5.74, 6) is -1.04. The van der Waals surface area contributed by atoms with E-state index in [1.54, 1.807) is 31.2 Å². The molecular formula is C28H42O9. The van der Waals surface area contributed by atoms with E-state index in [0.29, 0.717) is 12.8 Å². The third-order valence-corrected chi connectivity index (χ3v) is 5.67. The fourth-order valence-electron chi connectivity index (χ4n) is 3.61. The molecule has 1 aliphatic heterocycles. The maximum atomic E-state index is 10.6. The monoisotopic (exact) mass is 522 g/mol. The first-order chi connectivity index (χ1) is 17.3. The van der Waals surface area contributed by atoms with Gasteiger partial charge in [0.1, 0.15) is 24.4 Å². The number of aliphatic hydroxyl groups excluding tert-OH is 4. The molecule has 37 heavy (non-hydrogen) atoms. The molecule has 9 nitrogen and oxygen atoms in total. The lowest BCUT2D eigenvalue weighted by Crippen LogP contribution is -2.59. The maximum Gasteiger partial charge on any atom is 0.328 e. The summed E-state index contributed by atoms with van der Waals surface area (Å²) in [4.78, 5) is 10.5. The van der Waals surface area contributed by atoms with Crippen LogP contribution in [-0.2, 0) is 14.3 Å². The molecule has 1 unspecified atom stereocenters. The quantitative estimate of drug-likeness (QED) is 0.121. The minimum Gasteiger partial charge on any atom is -0.478 e. The van der Waals surface area contributed by atoms with Gasteiger partial charge in [-0.05, 0) is 53.0 Å². The molecule has 1 heterocycles. The van der Waals surface area contributed by atoms with Crippen LogP contribution >= 0.6 is 0 Å². The Morgan fingerprint density at radius 2 is 1.70 bits per heavy atom. The third-order valence-electron chi connectivity index (χ3n) is 5.67. The number of carboxylic acid groups (broad SMARTS) is 1. The van der Waals surface area contributed by atoms with Crippen molar-refractivity contribution in [3.05, 3.63) is 71.4 Å². The van der Waals surface area contributed by atoms with E-state index in [0.717, 1.165) is 22.8 Å². The van der Waals surface area contributed by atoms with Crippen LogP contribution in [0.5, 0.6) is 0 Å². The van der Waals surface area contributed by atoms with E-state index in [1.165, 1.54) is 6.08 Å². The van der Waals surface area contributed by atoms with E-state index < -0.39 is 55.0 Å². The second kappa shape index (κ2) is 15.8. The second-order valence-corrected chi connectivity index (χ2v) is 9.68. The van der Waals surface area contributed by atoms with Crippen LogP contribution in [0.4, 0.5) is 0 Å². The largest absolute Gasteiger partial charge is 0.478 e. The van der Waals surface area contributed by atoms with Gasteiger partial charge in [-0.15, -0.1) is 0 Å². The van der Waals surface area contributed by atoms with Gasteiger partial charge in [-0.1, -0.05) is 59.8 Å². The Labute approximate surface area is 219 Å². The molecule has 0 aromatic heterocycles. The van der Waals surface area contributed by atoms with Gasteiger partial charge in [0, 0.05) is 6.08 Å². The topological polar surface area (TPSA) is 157 Å². The van der Waals surface area contributed by atoms with Gasteiger partial charge in [0.05, 0.1) is 18.3 Å². The summed E-state index contributed by atoms with van der Waals surface area (Å²) in [6.07, 6.45) is 8.25. The highest BCUT2D eigenvalue weighted by molar-refractivity contribution is 5.80. The standard InChI is InChI=1S/C28H42O9/c1-18(2)13-14-21(36-27-26(34)25(33)24(32)22(17-29)37-27)20(4)11-9-10-19(3)16-28(5,35)15-8-6-7-12-23(30)31/h6-13,16,21-22,24-27,29,32-35H,14-15,17H2,1-5H3,(H,30,31)/b8-6+,10-9+,12-7+,19-16+,20-11+/t21-,22+,24+,25-,26+,27?,28-/m0/s1. The smallest absolute Gasteiger partial charge is 0.328 e. The van der Waals surface area contributed by atoms with Crippen LogP contribution in [-0.4, -0.2) is 85.6 Å². The van der Waals surface area contributed by atoms with Crippen LogP contribution in [0.3, 0.4) is 0 Å². The van der Waals surface area contributed by atoms with Crippen molar-refractivity contribution in [3.8, 4) is 0 Å². The predicted octanol–water partition coefficient (Wildman–Crippen LogP) is 2.31. The van der Waals surface area contributed by atoms with E-state index in [1.807, 2.05) is 45.9 Å². The highest BCUT2D eigenvalue weighted by Crippen LogP contribution is 2.26. The van der Waals surface area contributed by atoms with Crippen molar-refractivity contribution >= 4 is 5.97 Å². The van der Waals surface area contributed by atoms with Gasteiger partial charge >= 0.3 is 5.97 Å². The number of carbonyl (C=O) groups is 1. The summed E-state index contributed by atoms with van der Waals surface area (Å²) in [5, 5.41) is 59.0. The molecule has 7 atom stereocenters. The average molecular weight is 523 g/mol. The fourth-order valence-corrected chi connectivity index (χ4v) is 3.61. The molecule has 0 spiro atoms. The van der Waals surface area contributed by atoms with Crippen LogP contribution in [0.25, 0.3) is 0 Å². The van der Waals surface area contributed by atoms with Gasteiger partial charge < -0.3 is 40.1 Å². The van der Waals surface area contributed by atoms with Crippen LogP contribution in [0, 0.1) is 0 Å². The number of hydrogen-bond acceptors (Lipinski definition) is 8. The lowest BCUT2D eigenvalue weighted by Gasteiger charge is -2.41. The Morgan fingerprint density at radius 1 is 1.03 bits per heavy atom. The Morgan fingerprint density at radius 3 is 2.30 bits per heavy atom. The molecule has 9 heteroatoms. The average Bonchev–Trinajstić information content (AvgIpc) is 2.80. The Hall–Kier alpha value is -2.37. The van der Waals surface area contributed by atoms with Crippen LogP contribution in [0.2, 0.25) is 0 Å². The molecule has 0 aromatic rings. The number of ether oxygens (including phenoxy) is 2. The summed E-state index contributed by atoms with van der Waals surface area (Å²) >= 11 is 0. The van der Waals surface area contributed by atoms with Gasteiger partial charge in [0.15, 0.2) is 6.29 Å². The third kappa shape index (κ3) is 12.1. The number of carboxylic acids is 1. The van der Waals surface area contributed by atoms with Gasteiger partial charge in [-0.2, -0.15) is 0 Å². The summed E-state index contributed by atoms with van der Waals surface area (Å²) in [5.41, 5.74) is 1.55. The lowest BCUT2D eigenvalue weighted by atomic mass is 9.98. The minimum absolute atomic E-state index is 0.300. The summed E-state index contributed by atoms with van der Waals surface area (Å²) in [6, 6.07) is 0. The molecule has 0 aromatic carbocycles. The normalized spacial score (nSPS) is 28.1. The zero-order valence-electron chi connectivity index (χ0n) is 22.2. The van der Waals surface area contributed by atoms with Crippen molar-refractivity contribution in [2.45, 2.75) is 89.9 Å². The van der Waals surface area contributed by atoms with Gasteiger partial charge in [0.25, 0.3) is 0 Å². The van der Waals surface area contributed by atoms with Crippen LogP contribution in [0.15, 0.2) is 71.4 Å². The number of rotatable bonds is 13. The second-order valence-electron chi connectivity index (χ2n) is 9.68. The molecule has 6 N–H and O–H groups in total. The lowest BCUT2D eigenvalue weighted by molar-refractivity contribution is -0.308. The van der Waals surface area contributed by atoms with E-state index in [9.17, 15) is 30.3 Å². The van der Waals surface area contributed by atoms with Crippen molar-refractivity contribution in [2.24, 2.45) is 0 Å². The zero-order valence-corrected chi connectivity index (χ0v) is 22.2. The molecule has 0 aliphatic carbocycles. The van der Waals surface area contributed by atoms with E-state index >= 15 is 0 Å². The molecular weight excluding hydrogens is 480 g/mol. The van der Waals surface area contributed by atoms with Crippen molar-refractivity contribution in [2.75, 3.05) is 6.61 Å². The summed E-state index contributed by atoms with van der Waals surface area (Å²) in [6.45, 7) is 8.70. The maximum absolute atomic E-state index is 10.6. The first-order valence-electron chi connectivity index (χ1n) is 12.2. The molecule has 1 saturated heterocycles. The van der Waals surface area contributed by atoms with Crippen molar-refractivity contribution in [1.29, 1.82) is 0 Å². The predicted molar refractivity (Wildman–Crippen MR) is 140 cm³/mol. The Bertz CT molecular complexity index is 905. The molecule has 1 fully saturated rings. The van der Waals surface area contributed by atoms with Gasteiger partial charge in [-0.3, -0.25) is 0 Å². The highest BCUT2D eigenvalue weighted by atomic mass is 16.7. The van der Waals surface area contributed by atoms with Crippen molar-refractivity contribution in [3.63, 3.8) is 0 Å². The van der Waals surface area contributed by atoms with Crippen LogP contribution in [0.1, 0.15) is 47.5 Å². The molecule has 1 rings (SSSR count). The fraction of sp³-hybridized carbons (Fsp3) is 0.536. The minimum atomic E-state index is -1.52. The van der Waals surface area contributed by atoms with Gasteiger partial charge in [0.2, 0.25) is 0 Å². The number of aliphatic carboxylic acids is 1. The Balaban J connectivity index is 2.95. The molecule has 0 bridgehead atoms. The Kier molecular flexibility index (Phi) is 13.9. The summed E-state index contributed by atoms with van der Waals surface area (Å²) < 4.78 is 11.5. The number of aliphatic hydroxyl groups is 5. The molecule has 0 saturated carbocycles. The van der Waals surface area contributed by atoms with E-state index in [4.69, 9.17) is 14.6 Å². The summed E-state index contributed by atoms with van der Waals surface area (Å²) in [7, 11) is 0. The van der Waals surface area contributed by atoms with Gasteiger partial charge in [-0.25, -0.2) is 4.79 Å². The first kappa shape index (κ1) is 32.7. The molecule has 0 radical (unpaired) electrons. The highest BCUT2D eigenvalue weighted by Gasteiger charge is 2.44. The van der Waals surface area contributed by atoms with E-state index in [-0.39, 0.29) is 0 Å². The zero-order chi connectivity index (χ0) is 28.2. The number of allylic oxidation sites excluding steroid dienone is 7. The van der Waals surface area contributed by atoms with Crippen molar-refractivity contribution in [1.82, 2.24) is 0 Å². The number of hydrogen-bond donors (Lipinski definition) is 6. The first-order valence-corrected chi connectivity index (χ1v) is 12.2. The van der Waals surface area contributed by atoms with E-state index in [2.05, 4.69) is 0 Å². The SMILES string of the molecule is CC(C)=CC[C@H](OC1O[C@H](CO)[C@@H](O)[C@H](O)[C@H]1O)/C(C)=C/C=C/C(C)=C/[C@@](C)(O)C/C=C/C=C/C(=O)O.